The van der Waals surface area contributed by atoms with E-state index in [2.05, 4.69) is 17.2 Å². The number of allylic oxidation sites excluding steroid dienone is 1. The molecule has 3 atom stereocenters. The molecule has 3 aliphatic heterocycles. The Balaban J connectivity index is 1.28. The highest BCUT2D eigenvalue weighted by atomic mass is 19.1. The number of fused-ring (bicyclic) bond motifs is 1. The number of nitrogens with one attached hydrogen (secondary N) is 2. The molecule has 0 radical (unpaired) electrons. The van der Waals surface area contributed by atoms with E-state index in [9.17, 15) is 14.0 Å². The number of halogens is 2. The smallest absolute Gasteiger partial charge is 0.255 e. The van der Waals surface area contributed by atoms with Crippen LogP contribution in [0.5, 0.6) is 0 Å². The first-order valence-corrected chi connectivity index (χ1v) is 12.9. The van der Waals surface area contributed by atoms with Crippen LogP contribution in [0.2, 0.25) is 0 Å². The molecule has 1 aliphatic carbocycles. The van der Waals surface area contributed by atoms with Crippen molar-refractivity contribution in [1.82, 2.24) is 15.5 Å². The number of carbonyl (C=O) groups excluding carboxylic acids is 2. The zero-order chi connectivity index (χ0) is 24.7. The normalized spacial score (nSPS) is 33.6. The SMILES string of the molecule is C=C1CCC(N2Cc3c(ccc(C[C@H]4OCCC[C@@H]4NC4CCC(C)(F)CC4)c3F)C2=O)C(=O)N1. The minimum atomic E-state index is -1.08. The van der Waals surface area contributed by atoms with Gasteiger partial charge in [0.1, 0.15) is 17.5 Å². The summed E-state index contributed by atoms with van der Waals surface area (Å²) in [5, 5.41) is 6.39. The Bertz CT molecular complexity index is 1020. The van der Waals surface area contributed by atoms with Gasteiger partial charge >= 0.3 is 0 Å². The molecule has 0 bridgehead atoms. The molecule has 5 rings (SSSR count). The average Bonchev–Trinajstić information content (AvgIpc) is 3.15. The Morgan fingerprint density at radius 2 is 2.00 bits per heavy atom. The van der Waals surface area contributed by atoms with E-state index >= 15 is 4.39 Å². The van der Waals surface area contributed by atoms with Gasteiger partial charge in [0.25, 0.3) is 5.91 Å². The van der Waals surface area contributed by atoms with Crippen LogP contribution in [-0.2, 0) is 22.5 Å². The highest BCUT2D eigenvalue weighted by Gasteiger charge is 2.40. The molecule has 3 fully saturated rings. The van der Waals surface area contributed by atoms with E-state index in [0.29, 0.717) is 61.1 Å². The molecule has 8 heteroatoms. The van der Waals surface area contributed by atoms with Gasteiger partial charge in [-0.3, -0.25) is 9.59 Å². The second-order valence-corrected chi connectivity index (χ2v) is 10.9. The van der Waals surface area contributed by atoms with E-state index < -0.39 is 11.7 Å². The molecule has 1 aromatic carbocycles. The Morgan fingerprint density at radius 1 is 1.23 bits per heavy atom. The number of piperidine rings is 1. The van der Waals surface area contributed by atoms with E-state index in [1.165, 1.54) is 4.90 Å². The van der Waals surface area contributed by atoms with Crippen molar-refractivity contribution in [2.75, 3.05) is 6.61 Å². The monoisotopic (exact) mass is 487 g/mol. The third-order valence-corrected chi connectivity index (χ3v) is 8.18. The number of amides is 2. The number of carbonyl (C=O) groups is 2. The molecule has 6 nitrogen and oxygen atoms in total. The van der Waals surface area contributed by atoms with Crippen LogP contribution in [-0.4, -0.2) is 53.2 Å². The van der Waals surface area contributed by atoms with Gasteiger partial charge in [0, 0.05) is 41.9 Å². The molecule has 0 spiro atoms. The molecule has 4 aliphatic rings. The summed E-state index contributed by atoms with van der Waals surface area (Å²) in [6, 6.07) is 3.09. The van der Waals surface area contributed by atoms with Gasteiger partial charge in [0.05, 0.1) is 12.6 Å². The number of hydrogen-bond acceptors (Lipinski definition) is 4. The van der Waals surface area contributed by atoms with E-state index in [1.807, 2.05) is 0 Å². The standard InChI is InChI=1S/C27H35F2N3O3/c1-16-5-8-22(25(33)30-16)32-15-20-19(26(32)34)7-6-17(24(20)28)14-23-21(4-3-13-35-23)31-18-9-11-27(2,29)12-10-18/h6-7,18,21-23,31H,1,3-5,8-15H2,2H3,(H,30,33)/t18?,21-,22?,23+,27?/m0/s1. The Labute approximate surface area is 205 Å². The molecular formula is C27H35F2N3O3. The number of ether oxygens (including phenoxy) is 1. The second-order valence-electron chi connectivity index (χ2n) is 10.9. The maximum Gasteiger partial charge on any atom is 0.255 e. The van der Waals surface area contributed by atoms with Gasteiger partial charge in [-0.15, -0.1) is 0 Å². The third-order valence-electron chi connectivity index (χ3n) is 8.18. The van der Waals surface area contributed by atoms with E-state index in [1.54, 1.807) is 19.1 Å². The fourth-order valence-corrected chi connectivity index (χ4v) is 6.03. The van der Waals surface area contributed by atoms with Gasteiger partial charge in [-0.05, 0) is 69.9 Å². The zero-order valence-electron chi connectivity index (χ0n) is 20.4. The number of benzene rings is 1. The van der Waals surface area contributed by atoms with Crippen LogP contribution < -0.4 is 10.6 Å². The van der Waals surface area contributed by atoms with Gasteiger partial charge in [-0.1, -0.05) is 12.6 Å². The van der Waals surface area contributed by atoms with Crippen LogP contribution in [0.3, 0.4) is 0 Å². The van der Waals surface area contributed by atoms with Gasteiger partial charge in [-0.25, -0.2) is 8.78 Å². The molecule has 3 heterocycles. The molecule has 2 amide bonds. The molecule has 1 saturated carbocycles. The topological polar surface area (TPSA) is 70.7 Å². The Hall–Kier alpha value is -2.32. The molecule has 0 aromatic heterocycles. The molecule has 35 heavy (non-hydrogen) atoms. The third kappa shape index (κ3) is 5.00. The lowest BCUT2D eigenvalue weighted by Crippen LogP contribution is -2.51. The lowest BCUT2D eigenvalue weighted by molar-refractivity contribution is -0.126. The summed E-state index contributed by atoms with van der Waals surface area (Å²) in [6.45, 7) is 6.19. The first kappa shape index (κ1) is 24.4. The minimum Gasteiger partial charge on any atom is -0.376 e. The molecular weight excluding hydrogens is 452 g/mol. The molecule has 2 N–H and O–H groups in total. The van der Waals surface area contributed by atoms with Crippen molar-refractivity contribution < 1.29 is 23.1 Å². The van der Waals surface area contributed by atoms with Crippen LogP contribution in [0.15, 0.2) is 24.4 Å². The number of hydrogen-bond donors (Lipinski definition) is 2. The number of alkyl halides is 1. The summed E-state index contributed by atoms with van der Waals surface area (Å²) >= 11 is 0. The van der Waals surface area contributed by atoms with Crippen molar-refractivity contribution in [3.8, 4) is 0 Å². The molecule has 1 unspecified atom stereocenters. The molecule has 1 aromatic rings. The van der Waals surface area contributed by atoms with Crippen molar-refractivity contribution in [3.05, 3.63) is 46.9 Å². The van der Waals surface area contributed by atoms with E-state index in [4.69, 9.17) is 4.74 Å². The zero-order valence-corrected chi connectivity index (χ0v) is 20.4. The predicted octanol–water partition coefficient (Wildman–Crippen LogP) is 3.92. The minimum absolute atomic E-state index is 0.0857. The summed E-state index contributed by atoms with van der Waals surface area (Å²) in [7, 11) is 0. The maximum atomic E-state index is 15.7. The van der Waals surface area contributed by atoms with Gasteiger partial charge in [0.2, 0.25) is 5.91 Å². The van der Waals surface area contributed by atoms with E-state index in [0.717, 1.165) is 25.7 Å². The van der Waals surface area contributed by atoms with Gasteiger partial charge in [-0.2, -0.15) is 0 Å². The average molecular weight is 488 g/mol. The van der Waals surface area contributed by atoms with Crippen LogP contribution in [0, 0.1) is 5.82 Å². The summed E-state index contributed by atoms with van der Waals surface area (Å²) in [4.78, 5) is 26.9. The summed E-state index contributed by atoms with van der Waals surface area (Å²) in [6.07, 6.45) is 5.89. The van der Waals surface area contributed by atoms with Gasteiger partial charge in [0.15, 0.2) is 0 Å². The molecule has 2 saturated heterocycles. The van der Waals surface area contributed by atoms with Crippen LogP contribution >= 0.6 is 0 Å². The predicted molar refractivity (Wildman–Crippen MR) is 128 cm³/mol. The van der Waals surface area contributed by atoms with Crippen molar-refractivity contribution >= 4 is 11.8 Å². The first-order chi connectivity index (χ1) is 16.7. The summed E-state index contributed by atoms with van der Waals surface area (Å²) in [5.74, 6) is -0.940. The van der Waals surface area contributed by atoms with Crippen molar-refractivity contribution in [2.45, 2.75) is 101 Å². The van der Waals surface area contributed by atoms with Crippen molar-refractivity contribution in [3.63, 3.8) is 0 Å². The number of rotatable bonds is 5. The molecule has 190 valence electrons. The van der Waals surface area contributed by atoms with Crippen molar-refractivity contribution in [2.24, 2.45) is 0 Å². The van der Waals surface area contributed by atoms with Crippen LogP contribution in [0.25, 0.3) is 0 Å². The number of nitrogens with zero attached hydrogens (tertiary/aromatic N) is 1. The highest BCUT2D eigenvalue weighted by molar-refractivity contribution is 6.01. The lowest BCUT2D eigenvalue weighted by Gasteiger charge is -2.38. The highest BCUT2D eigenvalue weighted by Crippen LogP contribution is 2.34. The van der Waals surface area contributed by atoms with Gasteiger partial charge < -0.3 is 20.3 Å². The Kier molecular flexibility index (Phi) is 6.70. The maximum absolute atomic E-state index is 15.7. The summed E-state index contributed by atoms with van der Waals surface area (Å²) in [5.41, 5.74) is 0.787. The van der Waals surface area contributed by atoms with Crippen molar-refractivity contribution in [1.29, 1.82) is 0 Å². The van der Waals surface area contributed by atoms with E-state index in [-0.39, 0.29) is 42.4 Å². The summed E-state index contributed by atoms with van der Waals surface area (Å²) < 4.78 is 35.9. The quantitative estimate of drug-likeness (QED) is 0.661. The lowest BCUT2D eigenvalue weighted by atomic mass is 9.84. The van der Waals surface area contributed by atoms with Crippen LogP contribution in [0.1, 0.15) is 79.8 Å². The first-order valence-electron chi connectivity index (χ1n) is 12.9. The largest absolute Gasteiger partial charge is 0.376 e. The fraction of sp³-hybridized carbons (Fsp3) is 0.630. The fourth-order valence-electron chi connectivity index (χ4n) is 6.03. The second kappa shape index (κ2) is 9.62. The Morgan fingerprint density at radius 3 is 2.74 bits per heavy atom. The van der Waals surface area contributed by atoms with Crippen LogP contribution in [0.4, 0.5) is 8.78 Å².